The highest BCUT2D eigenvalue weighted by Gasteiger charge is 2.48. The molecule has 0 aliphatic heterocycles. The third kappa shape index (κ3) is 2.13. The molecule has 1 aromatic carbocycles. The highest BCUT2D eigenvalue weighted by molar-refractivity contribution is 5.45. The predicted octanol–water partition coefficient (Wildman–Crippen LogP) is 2.31. The van der Waals surface area contributed by atoms with E-state index in [0.717, 1.165) is 12.3 Å². The summed E-state index contributed by atoms with van der Waals surface area (Å²) in [5, 5.41) is 3.27. The maximum absolute atomic E-state index is 6.50. The van der Waals surface area contributed by atoms with E-state index in [4.69, 9.17) is 10.5 Å². The van der Waals surface area contributed by atoms with Gasteiger partial charge in [-0.15, -0.1) is 0 Å². The molecule has 1 aliphatic rings. The molecule has 1 aliphatic carbocycles. The van der Waals surface area contributed by atoms with Crippen LogP contribution in [0.5, 0.6) is 5.75 Å². The number of nitrogens with two attached hydrogens (primary N) is 1. The minimum atomic E-state index is 0.120. The van der Waals surface area contributed by atoms with Gasteiger partial charge in [0.05, 0.1) is 7.11 Å². The van der Waals surface area contributed by atoms with E-state index in [1.165, 1.54) is 29.5 Å². The molecule has 0 aromatic heterocycles. The molecule has 1 unspecified atom stereocenters. The van der Waals surface area contributed by atoms with E-state index < -0.39 is 0 Å². The molecular formula is C15H24N2O. The molecular weight excluding hydrogens is 224 g/mol. The third-order valence-electron chi connectivity index (χ3n) is 4.42. The van der Waals surface area contributed by atoms with E-state index in [9.17, 15) is 0 Å². The fourth-order valence-corrected chi connectivity index (χ4v) is 2.82. The molecule has 0 saturated heterocycles. The van der Waals surface area contributed by atoms with Gasteiger partial charge in [-0.05, 0) is 56.5 Å². The summed E-state index contributed by atoms with van der Waals surface area (Å²) < 4.78 is 5.36. The van der Waals surface area contributed by atoms with Crippen molar-refractivity contribution in [2.24, 2.45) is 11.1 Å². The maximum Gasteiger partial charge on any atom is 0.122 e. The first-order valence-corrected chi connectivity index (χ1v) is 6.60. The summed E-state index contributed by atoms with van der Waals surface area (Å²) in [4.78, 5) is 0. The van der Waals surface area contributed by atoms with Gasteiger partial charge in [-0.2, -0.15) is 0 Å². The number of hydrogen-bond donors (Lipinski definition) is 2. The number of benzene rings is 1. The van der Waals surface area contributed by atoms with Crippen molar-refractivity contribution in [2.45, 2.75) is 32.7 Å². The minimum absolute atomic E-state index is 0.120. The normalized spacial score (nSPS) is 18.5. The second kappa shape index (κ2) is 4.90. The smallest absolute Gasteiger partial charge is 0.122 e. The van der Waals surface area contributed by atoms with Crippen molar-refractivity contribution in [1.29, 1.82) is 0 Å². The van der Waals surface area contributed by atoms with Gasteiger partial charge in [0.1, 0.15) is 5.75 Å². The Morgan fingerprint density at radius 2 is 2.00 bits per heavy atom. The molecule has 1 saturated carbocycles. The second-order valence-corrected chi connectivity index (χ2v) is 5.48. The number of ether oxygens (including phenoxy) is 1. The largest absolute Gasteiger partial charge is 0.496 e. The van der Waals surface area contributed by atoms with Crippen LogP contribution in [0, 0.1) is 19.3 Å². The van der Waals surface area contributed by atoms with Gasteiger partial charge in [0.2, 0.25) is 0 Å². The first-order chi connectivity index (χ1) is 8.55. The topological polar surface area (TPSA) is 47.3 Å². The number of methoxy groups -OCH3 is 1. The summed E-state index contributed by atoms with van der Waals surface area (Å²) in [7, 11) is 3.71. The van der Waals surface area contributed by atoms with Crippen LogP contribution in [0.15, 0.2) is 12.1 Å². The monoisotopic (exact) mass is 248 g/mol. The Kier molecular flexibility index (Phi) is 3.64. The number of rotatable bonds is 5. The summed E-state index contributed by atoms with van der Waals surface area (Å²) in [5.74, 6) is 0.946. The van der Waals surface area contributed by atoms with Crippen molar-refractivity contribution in [3.8, 4) is 5.75 Å². The van der Waals surface area contributed by atoms with Crippen molar-refractivity contribution < 1.29 is 4.74 Å². The van der Waals surface area contributed by atoms with Crippen LogP contribution >= 0.6 is 0 Å². The van der Waals surface area contributed by atoms with Crippen LogP contribution in [-0.4, -0.2) is 20.7 Å². The first-order valence-electron chi connectivity index (χ1n) is 6.60. The van der Waals surface area contributed by atoms with Crippen LogP contribution < -0.4 is 15.8 Å². The van der Waals surface area contributed by atoms with Crippen molar-refractivity contribution in [2.75, 3.05) is 20.7 Å². The van der Waals surface area contributed by atoms with E-state index in [1.807, 2.05) is 13.1 Å². The lowest BCUT2D eigenvalue weighted by Gasteiger charge is -2.26. The molecule has 0 heterocycles. The first kappa shape index (κ1) is 13.4. The summed E-state index contributed by atoms with van der Waals surface area (Å²) in [6, 6.07) is 4.28. The third-order valence-corrected chi connectivity index (χ3v) is 4.42. The zero-order valence-corrected chi connectivity index (χ0v) is 11.8. The van der Waals surface area contributed by atoms with Crippen LogP contribution in [-0.2, 0) is 0 Å². The van der Waals surface area contributed by atoms with Crippen molar-refractivity contribution in [3.05, 3.63) is 28.8 Å². The van der Waals surface area contributed by atoms with Gasteiger partial charge in [-0.3, -0.25) is 0 Å². The number of nitrogens with one attached hydrogen (secondary N) is 1. The van der Waals surface area contributed by atoms with Gasteiger partial charge >= 0.3 is 0 Å². The Morgan fingerprint density at radius 1 is 1.33 bits per heavy atom. The van der Waals surface area contributed by atoms with Crippen LogP contribution in [0.1, 0.15) is 35.6 Å². The van der Waals surface area contributed by atoms with Crippen molar-refractivity contribution >= 4 is 0 Å². The Morgan fingerprint density at radius 3 is 2.50 bits per heavy atom. The molecule has 0 amide bonds. The van der Waals surface area contributed by atoms with Gasteiger partial charge in [-0.1, -0.05) is 6.07 Å². The molecule has 100 valence electrons. The average Bonchev–Trinajstić information content (AvgIpc) is 3.13. The molecule has 3 N–H and O–H groups in total. The van der Waals surface area contributed by atoms with Gasteiger partial charge in [0, 0.05) is 18.0 Å². The van der Waals surface area contributed by atoms with Crippen molar-refractivity contribution in [3.63, 3.8) is 0 Å². The molecule has 1 atom stereocenters. The lowest BCUT2D eigenvalue weighted by molar-refractivity contribution is 0.388. The van der Waals surface area contributed by atoms with Crippen LogP contribution in [0.2, 0.25) is 0 Å². The zero-order chi connectivity index (χ0) is 13.3. The van der Waals surface area contributed by atoms with E-state index in [2.05, 4.69) is 25.2 Å². The highest BCUT2D eigenvalue weighted by atomic mass is 16.5. The quantitative estimate of drug-likeness (QED) is 0.840. The molecule has 1 fully saturated rings. The SMILES string of the molecule is CNCC1(C(N)c2ccc(OC)c(C)c2C)CC1. The Hall–Kier alpha value is -1.06. The Balaban J connectivity index is 2.31. The molecule has 2 rings (SSSR count). The summed E-state index contributed by atoms with van der Waals surface area (Å²) in [5.41, 5.74) is 10.5. The standard InChI is InChI=1S/C15H24N2O/c1-10-11(2)13(18-4)6-5-12(10)14(16)15(7-8-15)9-17-3/h5-6,14,17H,7-9,16H2,1-4H3. The van der Waals surface area contributed by atoms with Gasteiger partial charge < -0.3 is 15.8 Å². The van der Waals surface area contributed by atoms with Gasteiger partial charge in [0.15, 0.2) is 0 Å². The summed E-state index contributed by atoms with van der Waals surface area (Å²) in [6.45, 7) is 5.24. The molecule has 18 heavy (non-hydrogen) atoms. The number of hydrogen-bond acceptors (Lipinski definition) is 3. The van der Waals surface area contributed by atoms with Gasteiger partial charge in [0.25, 0.3) is 0 Å². The van der Waals surface area contributed by atoms with E-state index in [-0.39, 0.29) is 11.5 Å². The molecule has 0 spiro atoms. The molecule has 1 aromatic rings. The zero-order valence-electron chi connectivity index (χ0n) is 11.8. The lowest BCUT2D eigenvalue weighted by Crippen LogP contribution is -2.31. The molecule has 3 nitrogen and oxygen atoms in total. The van der Waals surface area contributed by atoms with Crippen molar-refractivity contribution in [1.82, 2.24) is 5.32 Å². The maximum atomic E-state index is 6.50. The van der Waals surface area contributed by atoms with E-state index in [1.54, 1.807) is 7.11 Å². The fraction of sp³-hybridized carbons (Fsp3) is 0.600. The van der Waals surface area contributed by atoms with Crippen LogP contribution in [0.3, 0.4) is 0 Å². The Labute approximate surface area is 110 Å². The highest BCUT2D eigenvalue weighted by Crippen LogP contribution is 2.54. The molecule has 0 radical (unpaired) electrons. The van der Waals surface area contributed by atoms with Gasteiger partial charge in [-0.25, -0.2) is 0 Å². The van der Waals surface area contributed by atoms with Crippen LogP contribution in [0.4, 0.5) is 0 Å². The average molecular weight is 248 g/mol. The van der Waals surface area contributed by atoms with E-state index in [0.29, 0.717) is 0 Å². The minimum Gasteiger partial charge on any atom is -0.496 e. The van der Waals surface area contributed by atoms with Crippen LogP contribution in [0.25, 0.3) is 0 Å². The summed E-state index contributed by atoms with van der Waals surface area (Å²) in [6.07, 6.45) is 2.44. The van der Waals surface area contributed by atoms with E-state index >= 15 is 0 Å². The Bertz CT molecular complexity index is 438. The fourth-order valence-electron chi connectivity index (χ4n) is 2.82. The second-order valence-electron chi connectivity index (χ2n) is 5.48. The molecule has 3 heteroatoms. The molecule has 0 bridgehead atoms. The predicted molar refractivity (Wildman–Crippen MR) is 75.0 cm³/mol. The lowest BCUT2D eigenvalue weighted by atomic mass is 9.86. The summed E-state index contributed by atoms with van der Waals surface area (Å²) >= 11 is 0.